The molecule has 0 rings (SSSR count). The molecule has 0 atom stereocenters. The summed E-state index contributed by atoms with van der Waals surface area (Å²) >= 11 is 0. The predicted octanol–water partition coefficient (Wildman–Crippen LogP) is 0.310. The number of urea groups is 1. The van der Waals surface area contributed by atoms with E-state index >= 15 is 0 Å². The van der Waals surface area contributed by atoms with Crippen molar-refractivity contribution in [3.05, 3.63) is 0 Å². The van der Waals surface area contributed by atoms with E-state index in [4.69, 9.17) is 10.2 Å². The van der Waals surface area contributed by atoms with E-state index in [-0.39, 0.29) is 0 Å². The number of carbonyl (C=O) groups excluding carboxylic acids is 1. The van der Waals surface area contributed by atoms with Gasteiger partial charge in [-0.15, -0.1) is 0 Å². The molecule has 7 nitrogen and oxygen atoms in total. The third-order valence-corrected chi connectivity index (χ3v) is 2.07. The Hall–Kier alpha value is -1.79. The summed E-state index contributed by atoms with van der Waals surface area (Å²) in [7, 11) is 0. The van der Waals surface area contributed by atoms with Crippen LogP contribution in [0, 0.1) is 0 Å². The van der Waals surface area contributed by atoms with Gasteiger partial charge in [-0.05, 0) is 13.3 Å². The van der Waals surface area contributed by atoms with E-state index in [1.165, 1.54) is 4.90 Å². The molecule has 2 amide bonds. The molecule has 0 unspecified atom stereocenters. The van der Waals surface area contributed by atoms with Crippen molar-refractivity contribution in [1.29, 1.82) is 0 Å². The minimum Gasteiger partial charge on any atom is -0.480 e. The van der Waals surface area contributed by atoms with Gasteiger partial charge in [-0.3, -0.25) is 9.59 Å². The SMILES string of the molecule is CCCN(CC)C(=O)N(CC(=O)O)CC(=O)O. The lowest BCUT2D eigenvalue weighted by atomic mass is 10.4. The second-order valence-corrected chi connectivity index (χ2v) is 3.51. The lowest BCUT2D eigenvalue weighted by molar-refractivity contribution is -0.140. The first-order valence-corrected chi connectivity index (χ1v) is 5.39. The first-order chi connectivity index (χ1) is 7.92. The fourth-order valence-electron chi connectivity index (χ4n) is 1.38. The fourth-order valence-corrected chi connectivity index (χ4v) is 1.38. The Morgan fingerprint density at radius 3 is 1.71 bits per heavy atom. The van der Waals surface area contributed by atoms with Crippen molar-refractivity contribution >= 4 is 18.0 Å². The molecule has 0 aliphatic rings. The first-order valence-electron chi connectivity index (χ1n) is 5.39. The maximum Gasteiger partial charge on any atom is 0.323 e. The molecule has 98 valence electrons. The van der Waals surface area contributed by atoms with Gasteiger partial charge in [0, 0.05) is 13.1 Å². The molecule has 17 heavy (non-hydrogen) atoms. The highest BCUT2D eigenvalue weighted by atomic mass is 16.4. The zero-order valence-electron chi connectivity index (χ0n) is 10.0. The molecule has 0 spiro atoms. The number of carboxylic acid groups (broad SMARTS) is 2. The number of carbonyl (C=O) groups is 3. The van der Waals surface area contributed by atoms with E-state index in [9.17, 15) is 14.4 Å². The van der Waals surface area contributed by atoms with Gasteiger partial charge in [0.25, 0.3) is 0 Å². The highest BCUT2D eigenvalue weighted by Gasteiger charge is 2.23. The van der Waals surface area contributed by atoms with Crippen molar-refractivity contribution in [1.82, 2.24) is 9.80 Å². The average molecular weight is 246 g/mol. The second-order valence-electron chi connectivity index (χ2n) is 3.51. The monoisotopic (exact) mass is 246 g/mol. The van der Waals surface area contributed by atoms with Crippen molar-refractivity contribution in [2.24, 2.45) is 0 Å². The second kappa shape index (κ2) is 7.48. The van der Waals surface area contributed by atoms with E-state index in [1.54, 1.807) is 6.92 Å². The van der Waals surface area contributed by atoms with Crippen LogP contribution in [-0.4, -0.2) is 64.2 Å². The molecule has 0 heterocycles. The molecule has 0 radical (unpaired) electrons. The summed E-state index contributed by atoms with van der Waals surface area (Å²) in [5.74, 6) is -2.46. The zero-order chi connectivity index (χ0) is 13.4. The quantitative estimate of drug-likeness (QED) is 0.673. The van der Waals surface area contributed by atoms with Crippen molar-refractivity contribution in [3.63, 3.8) is 0 Å². The van der Waals surface area contributed by atoms with E-state index in [0.29, 0.717) is 13.1 Å². The number of aliphatic carboxylic acids is 2. The van der Waals surface area contributed by atoms with Crippen LogP contribution in [0.15, 0.2) is 0 Å². The molecular weight excluding hydrogens is 228 g/mol. The van der Waals surface area contributed by atoms with Crippen LogP contribution in [0.25, 0.3) is 0 Å². The van der Waals surface area contributed by atoms with E-state index in [1.807, 2.05) is 6.92 Å². The Morgan fingerprint density at radius 2 is 1.41 bits per heavy atom. The molecule has 0 aromatic rings. The molecule has 0 fully saturated rings. The zero-order valence-corrected chi connectivity index (χ0v) is 10.0. The molecule has 2 N–H and O–H groups in total. The van der Waals surface area contributed by atoms with Gasteiger partial charge in [0.2, 0.25) is 0 Å². The number of carboxylic acids is 2. The van der Waals surface area contributed by atoms with Crippen LogP contribution in [0.5, 0.6) is 0 Å². The van der Waals surface area contributed by atoms with E-state index < -0.39 is 31.1 Å². The molecule has 0 saturated heterocycles. The van der Waals surface area contributed by atoms with Crippen LogP contribution >= 0.6 is 0 Å². The standard InChI is InChI=1S/C10H18N2O5/c1-3-5-11(4-2)10(17)12(6-8(13)14)7-9(15)16/h3-7H2,1-2H3,(H,13,14)(H,15,16). The van der Waals surface area contributed by atoms with Gasteiger partial charge in [-0.25, -0.2) is 4.79 Å². The van der Waals surface area contributed by atoms with Crippen LogP contribution in [0.1, 0.15) is 20.3 Å². The van der Waals surface area contributed by atoms with Crippen LogP contribution in [-0.2, 0) is 9.59 Å². The Kier molecular flexibility index (Phi) is 6.69. The molecule has 0 saturated carbocycles. The Balaban J connectivity index is 4.69. The topological polar surface area (TPSA) is 98.2 Å². The Labute approximate surface area is 99.6 Å². The summed E-state index contributed by atoms with van der Waals surface area (Å²) in [4.78, 5) is 35.2. The van der Waals surface area contributed by atoms with Gasteiger partial charge < -0.3 is 20.0 Å². The largest absolute Gasteiger partial charge is 0.480 e. The average Bonchev–Trinajstić information content (AvgIpc) is 2.22. The highest BCUT2D eigenvalue weighted by Crippen LogP contribution is 2.00. The number of hydrogen-bond acceptors (Lipinski definition) is 3. The van der Waals surface area contributed by atoms with Crippen molar-refractivity contribution < 1.29 is 24.6 Å². The van der Waals surface area contributed by atoms with E-state index in [0.717, 1.165) is 11.3 Å². The van der Waals surface area contributed by atoms with Crippen LogP contribution in [0.4, 0.5) is 4.79 Å². The molecule has 0 aromatic carbocycles. The van der Waals surface area contributed by atoms with Gasteiger partial charge >= 0.3 is 18.0 Å². The fraction of sp³-hybridized carbons (Fsp3) is 0.700. The van der Waals surface area contributed by atoms with Crippen LogP contribution in [0.3, 0.4) is 0 Å². The molecule has 7 heteroatoms. The first kappa shape index (κ1) is 15.2. The Morgan fingerprint density at radius 1 is 0.941 bits per heavy atom. The molecular formula is C10H18N2O5. The summed E-state index contributed by atoms with van der Waals surface area (Å²) in [6.07, 6.45) is 0.730. The van der Waals surface area contributed by atoms with Crippen LogP contribution in [0.2, 0.25) is 0 Å². The molecule has 0 aliphatic heterocycles. The summed E-state index contributed by atoms with van der Waals surface area (Å²) in [5, 5.41) is 17.2. The predicted molar refractivity (Wildman–Crippen MR) is 59.8 cm³/mol. The third kappa shape index (κ3) is 5.74. The lowest BCUT2D eigenvalue weighted by Crippen LogP contribution is -2.47. The highest BCUT2D eigenvalue weighted by molar-refractivity contribution is 5.84. The minimum absolute atomic E-state index is 0.419. The van der Waals surface area contributed by atoms with E-state index in [2.05, 4.69) is 0 Å². The van der Waals surface area contributed by atoms with Gasteiger partial charge in [-0.2, -0.15) is 0 Å². The summed E-state index contributed by atoms with van der Waals surface area (Å²) in [5.41, 5.74) is 0. The van der Waals surface area contributed by atoms with Gasteiger partial charge in [0.1, 0.15) is 13.1 Å². The number of nitrogens with zero attached hydrogens (tertiary/aromatic N) is 2. The number of rotatable bonds is 7. The van der Waals surface area contributed by atoms with Crippen molar-refractivity contribution in [2.75, 3.05) is 26.2 Å². The Bertz CT molecular complexity index is 276. The van der Waals surface area contributed by atoms with Crippen molar-refractivity contribution in [2.45, 2.75) is 20.3 Å². The normalized spacial score (nSPS) is 9.76. The van der Waals surface area contributed by atoms with Gasteiger partial charge in [-0.1, -0.05) is 6.92 Å². The maximum atomic E-state index is 11.9. The van der Waals surface area contributed by atoms with Crippen LogP contribution < -0.4 is 0 Å². The van der Waals surface area contributed by atoms with Gasteiger partial charge in [0.05, 0.1) is 0 Å². The number of amides is 2. The maximum absolute atomic E-state index is 11.9. The molecule has 0 aliphatic carbocycles. The smallest absolute Gasteiger partial charge is 0.323 e. The summed E-state index contributed by atoms with van der Waals surface area (Å²) in [6.45, 7) is 3.33. The molecule has 0 bridgehead atoms. The summed E-state index contributed by atoms with van der Waals surface area (Å²) < 4.78 is 0. The van der Waals surface area contributed by atoms with Crippen molar-refractivity contribution in [3.8, 4) is 0 Å². The minimum atomic E-state index is -1.23. The lowest BCUT2D eigenvalue weighted by Gasteiger charge is -2.27. The third-order valence-electron chi connectivity index (χ3n) is 2.07. The number of hydrogen-bond donors (Lipinski definition) is 2. The summed E-state index contributed by atoms with van der Waals surface area (Å²) in [6, 6.07) is -0.556. The molecule has 0 aromatic heterocycles. The van der Waals surface area contributed by atoms with Gasteiger partial charge in [0.15, 0.2) is 0 Å².